The highest BCUT2D eigenvalue weighted by Crippen LogP contribution is 2.16. The van der Waals surface area contributed by atoms with Gasteiger partial charge in [-0.1, -0.05) is 48.0 Å². The van der Waals surface area contributed by atoms with E-state index in [9.17, 15) is 14.4 Å². The van der Waals surface area contributed by atoms with Crippen LogP contribution in [0.25, 0.3) is 0 Å². The lowest BCUT2D eigenvalue weighted by atomic mass is 10.1. The van der Waals surface area contributed by atoms with E-state index < -0.39 is 24.4 Å². The standard InChI is InChI=1S/C23H23N3O4/c1-15-9-11-18(12-10-15)13-26-17(3)21(16(2)25-26)23(29)30-14-20(27)24-22(28)19-7-5-4-6-8-19/h4-12H,13-14H2,1-3H3,(H,24,27,28). The number of aromatic nitrogens is 2. The number of rotatable bonds is 6. The Morgan fingerprint density at radius 2 is 1.63 bits per heavy atom. The van der Waals surface area contributed by atoms with Crippen molar-refractivity contribution in [2.24, 2.45) is 0 Å². The lowest BCUT2D eigenvalue weighted by Crippen LogP contribution is -2.34. The van der Waals surface area contributed by atoms with E-state index in [1.54, 1.807) is 48.9 Å². The molecule has 0 saturated heterocycles. The molecule has 0 atom stereocenters. The lowest BCUT2D eigenvalue weighted by molar-refractivity contribution is -0.123. The largest absolute Gasteiger partial charge is 0.452 e. The normalized spacial score (nSPS) is 10.5. The van der Waals surface area contributed by atoms with E-state index >= 15 is 0 Å². The van der Waals surface area contributed by atoms with Crippen LogP contribution in [-0.4, -0.2) is 34.2 Å². The number of nitrogens with zero attached hydrogens (tertiary/aromatic N) is 2. The second-order valence-corrected chi connectivity index (χ2v) is 7.01. The SMILES string of the molecule is Cc1ccc(Cn2nc(C)c(C(=O)OCC(=O)NC(=O)c3ccccc3)c2C)cc1. The summed E-state index contributed by atoms with van der Waals surface area (Å²) >= 11 is 0. The number of carbonyl (C=O) groups excluding carboxylic acids is 3. The summed E-state index contributed by atoms with van der Waals surface area (Å²) in [5.74, 6) is -1.89. The number of hydrogen-bond acceptors (Lipinski definition) is 5. The number of imide groups is 1. The number of ether oxygens (including phenoxy) is 1. The van der Waals surface area contributed by atoms with Gasteiger partial charge in [0.25, 0.3) is 11.8 Å². The van der Waals surface area contributed by atoms with Crippen molar-refractivity contribution in [1.29, 1.82) is 0 Å². The molecule has 3 aromatic rings. The van der Waals surface area contributed by atoms with E-state index in [1.165, 1.54) is 5.56 Å². The van der Waals surface area contributed by atoms with Crippen LogP contribution in [0.3, 0.4) is 0 Å². The Morgan fingerprint density at radius 1 is 0.967 bits per heavy atom. The van der Waals surface area contributed by atoms with E-state index in [-0.39, 0.29) is 0 Å². The van der Waals surface area contributed by atoms with Crippen LogP contribution in [-0.2, 0) is 16.1 Å². The highest BCUT2D eigenvalue weighted by Gasteiger charge is 2.21. The van der Waals surface area contributed by atoms with E-state index in [0.29, 0.717) is 29.1 Å². The first-order valence-corrected chi connectivity index (χ1v) is 9.51. The molecule has 30 heavy (non-hydrogen) atoms. The smallest absolute Gasteiger partial charge is 0.342 e. The van der Waals surface area contributed by atoms with E-state index in [1.807, 2.05) is 31.2 Å². The molecule has 0 bridgehead atoms. The van der Waals surface area contributed by atoms with Gasteiger partial charge in [0, 0.05) is 5.56 Å². The maximum absolute atomic E-state index is 12.5. The molecule has 3 rings (SSSR count). The monoisotopic (exact) mass is 405 g/mol. The number of amides is 2. The second-order valence-electron chi connectivity index (χ2n) is 7.01. The van der Waals surface area contributed by atoms with Crippen molar-refractivity contribution in [3.63, 3.8) is 0 Å². The Hall–Kier alpha value is -3.74. The number of nitrogens with one attached hydrogen (secondary N) is 1. The summed E-state index contributed by atoms with van der Waals surface area (Å²) in [4.78, 5) is 36.5. The van der Waals surface area contributed by atoms with Gasteiger partial charge in [0.2, 0.25) is 0 Å². The third-order valence-electron chi connectivity index (χ3n) is 4.66. The molecule has 0 aliphatic carbocycles. The predicted octanol–water partition coefficient (Wildman–Crippen LogP) is 2.97. The minimum atomic E-state index is -0.695. The number of benzene rings is 2. The summed E-state index contributed by atoms with van der Waals surface area (Å²) in [6.07, 6.45) is 0. The Labute approximate surface area is 174 Å². The van der Waals surface area contributed by atoms with Crippen LogP contribution >= 0.6 is 0 Å². The fourth-order valence-electron chi connectivity index (χ4n) is 3.04. The van der Waals surface area contributed by atoms with Gasteiger partial charge < -0.3 is 4.74 Å². The lowest BCUT2D eigenvalue weighted by Gasteiger charge is -2.07. The summed E-state index contributed by atoms with van der Waals surface area (Å²) in [6.45, 7) is 5.48. The van der Waals surface area contributed by atoms with Gasteiger partial charge in [-0.15, -0.1) is 0 Å². The maximum Gasteiger partial charge on any atom is 0.342 e. The van der Waals surface area contributed by atoms with Crippen LogP contribution in [0.2, 0.25) is 0 Å². The molecule has 2 amide bonds. The first-order valence-electron chi connectivity index (χ1n) is 9.51. The van der Waals surface area contributed by atoms with Crippen molar-refractivity contribution >= 4 is 17.8 Å². The van der Waals surface area contributed by atoms with E-state index in [0.717, 1.165) is 5.56 Å². The Balaban J connectivity index is 1.61. The van der Waals surface area contributed by atoms with Gasteiger partial charge in [0.05, 0.1) is 17.9 Å². The average molecular weight is 405 g/mol. The first-order chi connectivity index (χ1) is 14.3. The Kier molecular flexibility index (Phi) is 6.41. The summed E-state index contributed by atoms with van der Waals surface area (Å²) in [6, 6.07) is 16.4. The summed E-state index contributed by atoms with van der Waals surface area (Å²) in [5.41, 5.74) is 4.07. The number of carbonyl (C=O) groups is 3. The molecule has 0 aliphatic heterocycles. The molecule has 0 saturated carbocycles. The third kappa shape index (κ3) is 5.00. The summed E-state index contributed by atoms with van der Waals surface area (Å²) in [7, 11) is 0. The molecule has 1 heterocycles. The topological polar surface area (TPSA) is 90.3 Å². The zero-order valence-electron chi connectivity index (χ0n) is 17.1. The molecule has 1 aromatic heterocycles. The molecule has 7 nitrogen and oxygen atoms in total. The highest BCUT2D eigenvalue weighted by molar-refractivity contribution is 6.05. The van der Waals surface area contributed by atoms with Crippen LogP contribution in [0.15, 0.2) is 54.6 Å². The van der Waals surface area contributed by atoms with Crippen molar-refractivity contribution in [3.05, 3.63) is 88.2 Å². The van der Waals surface area contributed by atoms with Crippen LogP contribution in [0.1, 0.15) is 43.2 Å². The van der Waals surface area contributed by atoms with Gasteiger partial charge in [-0.3, -0.25) is 19.6 Å². The molecule has 7 heteroatoms. The second kappa shape index (κ2) is 9.17. The zero-order chi connectivity index (χ0) is 21.7. The fourth-order valence-corrected chi connectivity index (χ4v) is 3.04. The molecule has 2 aromatic carbocycles. The number of aryl methyl sites for hydroxylation is 2. The van der Waals surface area contributed by atoms with Gasteiger partial charge in [-0.2, -0.15) is 5.10 Å². The molecule has 0 fully saturated rings. The molecule has 0 aliphatic rings. The van der Waals surface area contributed by atoms with Gasteiger partial charge in [-0.05, 0) is 38.5 Å². The molecule has 0 spiro atoms. The minimum Gasteiger partial charge on any atom is -0.452 e. The van der Waals surface area contributed by atoms with Crippen molar-refractivity contribution in [2.45, 2.75) is 27.3 Å². The molecule has 1 N–H and O–H groups in total. The molecule has 154 valence electrons. The van der Waals surface area contributed by atoms with Crippen molar-refractivity contribution in [2.75, 3.05) is 6.61 Å². The van der Waals surface area contributed by atoms with Gasteiger partial charge >= 0.3 is 5.97 Å². The summed E-state index contributed by atoms with van der Waals surface area (Å²) in [5, 5.41) is 6.62. The maximum atomic E-state index is 12.5. The van der Waals surface area contributed by atoms with Crippen LogP contribution in [0, 0.1) is 20.8 Å². The molecule has 0 radical (unpaired) electrons. The number of hydrogen-bond donors (Lipinski definition) is 1. The van der Waals surface area contributed by atoms with Crippen molar-refractivity contribution in [1.82, 2.24) is 15.1 Å². The van der Waals surface area contributed by atoms with Crippen molar-refractivity contribution < 1.29 is 19.1 Å². The van der Waals surface area contributed by atoms with Gasteiger partial charge in [0.15, 0.2) is 6.61 Å². The number of esters is 1. The average Bonchev–Trinajstić information content (AvgIpc) is 3.01. The van der Waals surface area contributed by atoms with Crippen molar-refractivity contribution in [3.8, 4) is 0 Å². The highest BCUT2D eigenvalue weighted by atomic mass is 16.5. The zero-order valence-corrected chi connectivity index (χ0v) is 17.1. The fraction of sp³-hybridized carbons (Fsp3) is 0.217. The van der Waals surface area contributed by atoms with Crippen LogP contribution in [0.4, 0.5) is 0 Å². The van der Waals surface area contributed by atoms with Gasteiger partial charge in [0.1, 0.15) is 5.56 Å². The van der Waals surface area contributed by atoms with Crippen LogP contribution in [0.5, 0.6) is 0 Å². The summed E-state index contributed by atoms with van der Waals surface area (Å²) < 4.78 is 6.84. The van der Waals surface area contributed by atoms with E-state index in [2.05, 4.69) is 10.4 Å². The van der Waals surface area contributed by atoms with Crippen LogP contribution < -0.4 is 5.32 Å². The van der Waals surface area contributed by atoms with E-state index in [4.69, 9.17) is 4.74 Å². The minimum absolute atomic E-state index is 0.323. The van der Waals surface area contributed by atoms with Gasteiger partial charge in [-0.25, -0.2) is 4.79 Å². The first kappa shape index (κ1) is 21.0. The predicted molar refractivity (Wildman–Crippen MR) is 111 cm³/mol. The third-order valence-corrected chi connectivity index (χ3v) is 4.66. The molecular weight excluding hydrogens is 382 g/mol. The Bertz CT molecular complexity index is 1070. The molecule has 0 unspecified atom stereocenters. The molecular formula is C23H23N3O4. The Morgan fingerprint density at radius 3 is 2.30 bits per heavy atom. The quantitative estimate of drug-likeness (QED) is 0.637.